The van der Waals surface area contributed by atoms with Crippen LogP contribution < -0.4 is 0 Å². The molecule has 4 fully saturated rings. The summed E-state index contributed by atoms with van der Waals surface area (Å²) in [5.41, 5.74) is 1.07. The Morgan fingerprint density at radius 1 is 0.500 bits per heavy atom. The molecular weight excluding hydrogens is 304 g/mol. The van der Waals surface area contributed by atoms with Crippen molar-refractivity contribution in [3.8, 4) is 0 Å². The van der Waals surface area contributed by atoms with Gasteiger partial charge in [-0.2, -0.15) is 0 Å². The Bertz CT molecular complexity index is 424. The number of fused-ring (bicyclic) bond motifs is 2. The van der Waals surface area contributed by atoms with Gasteiger partial charge in [0.1, 0.15) is 6.79 Å². The van der Waals surface area contributed by atoms with E-state index in [9.17, 15) is 0 Å². The topological polar surface area (TPSA) is 36.9 Å². The molecule has 4 unspecified atom stereocenters. The lowest BCUT2D eigenvalue weighted by Gasteiger charge is -2.64. The van der Waals surface area contributed by atoms with E-state index in [4.69, 9.17) is 18.9 Å². The maximum absolute atomic E-state index is 5.70. The Morgan fingerprint density at radius 3 is 1.04 bits per heavy atom. The monoisotopic (exact) mass is 342 g/mol. The predicted molar refractivity (Wildman–Crippen MR) is 95.9 cm³/mol. The maximum Gasteiger partial charge on any atom is 0.147 e. The van der Waals surface area contributed by atoms with Crippen molar-refractivity contribution < 1.29 is 18.9 Å². The molecule has 24 heavy (non-hydrogen) atoms. The highest BCUT2D eigenvalue weighted by molar-refractivity contribution is 5.14. The third-order valence-electron chi connectivity index (χ3n) is 7.89. The van der Waals surface area contributed by atoms with Crippen LogP contribution >= 0.6 is 0 Å². The molecule has 0 aromatic heterocycles. The number of rotatable bonds is 0. The highest BCUT2D eigenvalue weighted by Crippen LogP contribution is 2.61. The maximum atomic E-state index is 5.70. The van der Waals surface area contributed by atoms with Crippen LogP contribution in [0.2, 0.25) is 0 Å². The van der Waals surface area contributed by atoms with Crippen molar-refractivity contribution in [2.75, 3.05) is 20.0 Å². The number of hydrogen-bond acceptors (Lipinski definition) is 4. The van der Waals surface area contributed by atoms with Crippen LogP contribution in [0.15, 0.2) is 0 Å². The summed E-state index contributed by atoms with van der Waals surface area (Å²) in [6.45, 7) is 20.1. The van der Waals surface area contributed by atoms with Crippen molar-refractivity contribution in [2.24, 2.45) is 21.7 Å². The Hall–Kier alpha value is -0.160. The third kappa shape index (κ3) is 2.40. The van der Waals surface area contributed by atoms with Gasteiger partial charge in [0, 0.05) is 21.7 Å². The molecule has 142 valence electrons. The molecule has 4 aliphatic rings. The lowest BCUT2D eigenvalue weighted by atomic mass is 9.48. The van der Waals surface area contributed by atoms with Gasteiger partial charge in [0.05, 0.1) is 37.6 Å². The Morgan fingerprint density at radius 2 is 0.750 bits per heavy atom. The lowest BCUT2D eigenvalue weighted by Crippen LogP contribution is -2.71. The third-order valence-corrected chi connectivity index (χ3v) is 7.89. The predicted octanol–water partition coefficient (Wildman–Crippen LogP) is 4.27. The molecule has 4 atom stereocenters. The zero-order valence-electron chi connectivity index (χ0n) is 16.1. The van der Waals surface area contributed by atoms with Crippen LogP contribution in [0.4, 0.5) is 0 Å². The summed E-state index contributed by atoms with van der Waals surface area (Å²) < 4.78 is 22.4. The molecule has 2 aliphatic carbocycles. The van der Waals surface area contributed by atoms with Crippen molar-refractivity contribution in [2.45, 2.75) is 87.2 Å². The van der Waals surface area contributed by atoms with Crippen LogP contribution in [-0.4, -0.2) is 44.4 Å². The van der Waals surface area contributed by atoms with Gasteiger partial charge in [0.25, 0.3) is 0 Å². The van der Waals surface area contributed by atoms with E-state index >= 15 is 0 Å². The van der Waals surface area contributed by atoms with Crippen molar-refractivity contribution in [3.05, 3.63) is 0 Å². The van der Waals surface area contributed by atoms with Gasteiger partial charge in [-0.15, -0.1) is 0 Å². The molecule has 0 spiro atoms. The molecule has 2 heterocycles. The van der Waals surface area contributed by atoms with Crippen LogP contribution in [0.3, 0.4) is 0 Å². The zero-order chi connectivity index (χ0) is 17.3. The minimum absolute atomic E-state index is 0. The van der Waals surface area contributed by atoms with Crippen molar-refractivity contribution in [1.82, 2.24) is 0 Å². The summed E-state index contributed by atoms with van der Waals surface area (Å²) in [6.07, 6.45) is 1.30. The van der Waals surface area contributed by atoms with Gasteiger partial charge in [-0.3, -0.25) is 0 Å². The van der Waals surface area contributed by atoms with E-state index in [0.29, 0.717) is 31.2 Å². The number of hydrogen-bond donors (Lipinski definition) is 0. The first-order chi connectivity index (χ1) is 10.5. The van der Waals surface area contributed by atoms with E-state index in [1.807, 2.05) is 0 Å². The molecule has 0 N–H and O–H groups in total. The highest BCUT2D eigenvalue weighted by Gasteiger charge is 2.66. The molecule has 2 aliphatic heterocycles. The van der Waals surface area contributed by atoms with Gasteiger partial charge in [-0.1, -0.05) is 62.8 Å². The first-order valence-corrected chi connectivity index (χ1v) is 8.92. The molecule has 4 rings (SSSR count). The van der Waals surface area contributed by atoms with Crippen LogP contribution in [0.25, 0.3) is 0 Å². The second kappa shape index (κ2) is 5.94. The van der Waals surface area contributed by atoms with E-state index in [1.54, 1.807) is 0 Å². The summed E-state index contributed by atoms with van der Waals surface area (Å²) in [7, 11) is 0. The molecule has 0 aromatic rings. The molecule has 2 saturated carbocycles. The zero-order valence-corrected chi connectivity index (χ0v) is 16.1. The SMILES string of the molecule is C.CC1(C)C2OCCOC2C1(C)C.CC1(C)C2OCOC2C1(C)C. The van der Waals surface area contributed by atoms with Crippen molar-refractivity contribution in [1.29, 1.82) is 0 Å². The standard InChI is InChI=1S/C10H18O2.C9H16O2.CH4/c1-9(2)7-8(10(9,3)4)12-6-5-11-7;1-8(2)6-7(9(8,3)4)11-5-10-6;/h7-8H,5-6H2,1-4H3;6-7H,5H2,1-4H3;1H4. The van der Waals surface area contributed by atoms with Crippen LogP contribution in [-0.2, 0) is 18.9 Å². The Kier molecular flexibility index (Phi) is 4.99. The fraction of sp³-hybridized carbons (Fsp3) is 1.00. The van der Waals surface area contributed by atoms with Gasteiger partial charge in [0.15, 0.2) is 0 Å². The van der Waals surface area contributed by atoms with Crippen molar-refractivity contribution in [3.63, 3.8) is 0 Å². The first kappa shape index (κ1) is 20.2. The molecule has 4 nitrogen and oxygen atoms in total. The largest absolute Gasteiger partial charge is 0.373 e. The lowest BCUT2D eigenvalue weighted by molar-refractivity contribution is -0.316. The Balaban J connectivity index is 0.000000167. The summed E-state index contributed by atoms with van der Waals surface area (Å²) in [6, 6.07) is 0. The van der Waals surface area contributed by atoms with Gasteiger partial charge in [-0.25, -0.2) is 0 Å². The molecule has 0 bridgehead atoms. The average Bonchev–Trinajstić information content (AvgIpc) is 2.97. The van der Waals surface area contributed by atoms with Crippen LogP contribution in [0.1, 0.15) is 62.8 Å². The van der Waals surface area contributed by atoms with Gasteiger partial charge in [0.2, 0.25) is 0 Å². The molecular formula is C20H38O4. The average molecular weight is 343 g/mol. The fourth-order valence-corrected chi connectivity index (χ4v) is 4.51. The normalized spacial score (nSPS) is 42.0. The Labute approximate surface area is 148 Å². The second-order valence-electron chi connectivity index (χ2n) is 9.76. The molecule has 2 saturated heterocycles. The van der Waals surface area contributed by atoms with Gasteiger partial charge in [-0.05, 0) is 0 Å². The minimum Gasteiger partial charge on any atom is -0.373 e. The highest BCUT2D eigenvalue weighted by atomic mass is 16.7. The molecule has 4 heteroatoms. The van der Waals surface area contributed by atoms with E-state index in [0.717, 1.165) is 13.2 Å². The van der Waals surface area contributed by atoms with E-state index in [-0.39, 0.29) is 29.1 Å². The minimum atomic E-state index is 0. The van der Waals surface area contributed by atoms with E-state index < -0.39 is 0 Å². The summed E-state index contributed by atoms with van der Waals surface area (Å²) in [4.78, 5) is 0. The van der Waals surface area contributed by atoms with Gasteiger partial charge >= 0.3 is 0 Å². The summed E-state index contributed by atoms with van der Waals surface area (Å²) in [5, 5.41) is 0. The quantitative estimate of drug-likeness (QED) is 0.659. The van der Waals surface area contributed by atoms with Crippen LogP contribution in [0.5, 0.6) is 0 Å². The molecule has 0 radical (unpaired) electrons. The summed E-state index contributed by atoms with van der Waals surface area (Å²) >= 11 is 0. The smallest absolute Gasteiger partial charge is 0.147 e. The van der Waals surface area contributed by atoms with E-state index in [1.165, 1.54) is 0 Å². The first-order valence-electron chi connectivity index (χ1n) is 8.92. The fourth-order valence-electron chi connectivity index (χ4n) is 4.51. The van der Waals surface area contributed by atoms with Crippen molar-refractivity contribution >= 4 is 0 Å². The number of ether oxygens (including phenoxy) is 4. The van der Waals surface area contributed by atoms with E-state index in [2.05, 4.69) is 55.4 Å². The summed E-state index contributed by atoms with van der Waals surface area (Å²) in [5.74, 6) is 0. The second-order valence-corrected chi connectivity index (χ2v) is 9.76. The van der Waals surface area contributed by atoms with Crippen LogP contribution in [0, 0.1) is 21.7 Å². The van der Waals surface area contributed by atoms with Gasteiger partial charge < -0.3 is 18.9 Å². The molecule has 0 aromatic carbocycles. The molecule has 0 amide bonds.